The lowest BCUT2D eigenvalue weighted by molar-refractivity contribution is -0.149. The predicted molar refractivity (Wildman–Crippen MR) is 69.5 cm³/mol. The van der Waals surface area contributed by atoms with Crippen LogP contribution < -0.4 is 11.1 Å². The molecule has 0 amide bonds. The molecule has 0 aliphatic heterocycles. The van der Waals surface area contributed by atoms with Gasteiger partial charge < -0.3 is 19.9 Å². The number of rotatable bonds is 10. The van der Waals surface area contributed by atoms with Crippen molar-refractivity contribution in [3.8, 4) is 0 Å². The molecule has 0 aliphatic carbocycles. The molecule has 0 aromatic heterocycles. The summed E-state index contributed by atoms with van der Waals surface area (Å²) in [6, 6.07) is -0.773. The number of nitrogens with zero attached hydrogens (tertiary/aromatic N) is 1. The van der Waals surface area contributed by atoms with Crippen molar-refractivity contribution >= 4 is 12.1 Å². The number of carbonyl (C=O) groups is 2. The zero-order chi connectivity index (χ0) is 15.4. The molecule has 0 rings (SSSR count). The Bertz CT molecular complexity index is 313. The Morgan fingerprint density at radius 2 is 2.05 bits per heavy atom. The van der Waals surface area contributed by atoms with Gasteiger partial charge in [-0.15, -0.1) is 4.91 Å². The maximum Gasteiger partial charge on any atom is 0.509 e. The molecule has 9 nitrogen and oxygen atoms in total. The van der Waals surface area contributed by atoms with Crippen LogP contribution >= 0.6 is 0 Å². The van der Waals surface area contributed by atoms with Gasteiger partial charge in [0, 0.05) is 0 Å². The van der Waals surface area contributed by atoms with E-state index in [0.717, 1.165) is 6.42 Å². The van der Waals surface area contributed by atoms with Gasteiger partial charge in [0.2, 0.25) is 6.23 Å². The first-order chi connectivity index (χ1) is 9.51. The van der Waals surface area contributed by atoms with Gasteiger partial charge in [-0.2, -0.15) is 0 Å². The van der Waals surface area contributed by atoms with Gasteiger partial charge in [-0.25, -0.2) is 4.79 Å². The summed E-state index contributed by atoms with van der Waals surface area (Å²) in [6.45, 7) is 2.02. The maximum absolute atomic E-state index is 11.4. The summed E-state index contributed by atoms with van der Waals surface area (Å²) in [7, 11) is 1.23. The first kappa shape index (κ1) is 18.3. The molecule has 0 radical (unpaired) electrons. The highest BCUT2D eigenvalue weighted by molar-refractivity contribution is 5.75. The third-order valence-electron chi connectivity index (χ3n) is 2.32. The maximum atomic E-state index is 11.4. The third-order valence-corrected chi connectivity index (χ3v) is 2.32. The molecule has 2 atom stereocenters. The Labute approximate surface area is 117 Å². The van der Waals surface area contributed by atoms with Crippen molar-refractivity contribution in [3.05, 3.63) is 4.91 Å². The SMILES string of the molecule is COC(=O)OCNCCCC[C@H](N)C(=O)OC(C)N=O. The van der Waals surface area contributed by atoms with Crippen LogP contribution in [0.2, 0.25) is 0 Å². The van der Waals surface area contributed by atoms with Crippen LogP contribution in [0.3, 0.4) is 0 Å². The minimum absolute atomic E-state index is 0.0588. The lowest BCUT2D eigenvalue weighted by Gasteiger charge is -2.12. The Kier molecular flexibility index (Phi) is 10.2. The van der Waals surface area contributed by atoms with E-state index in [9.17, 15) is 14.5 Å². The van der Waals surface area contributed by atoms with Crippen LogP contribution in [0.15, 0.2) is 5.18 Å². The number of esters is 1. The van der Waals surface area contributed by atoms with E-state index < -0.39 is 24.4 Å². The lowest BCUT2D eigenvalue weighted by atomic mass is 10.1. The summed E-state index contributed by atoms with van der Waals surface area (Å²) in [6.07, 6.45) is 0.0901. The van der Waals surface area contributed by atoms with Crippen molar-refractivity contribution in [1.82, 2.24) is 5.32 Å². The van der Waals surface area contributed by atoms with E-state index in [-0.39, 0.29) is 6.73 Å². The van der Waals surface area contributed by atoms with Gasteiger partial charge in [-0.3, -0.25) is 10.1 Å². The molecule has 0 aromatic rings. The van der Waals surface area contributed by atoms with Crippen molar-refractivity contribution in [2.75, 3.05) is 20.4 Å². The van der Waals surface area contributed by atoms with E-state index in [1.54, 1.807) is 0 Å². The summed E-state index contributed by atoms with van der Waals surface area (Å²) in [5.41, 5.74) is 5.59. The molecular weight excluding hydrogens is 270 g/mol. The fourth-order valence-electron chi connectivity index (χ4n) is 1.25. The van der Waals surface area contributed by atoms with Crippen molar-refractivity contribution in [3.63, 3.8) is 0 Å². The normalized spacial score (nSPS) is 13.2. The average molecular weight is 291 g/mol. The van der Waals surface area contributed by atoms with E-state index in [1.807, 2.05) is 0 Å². The Balaban J connectivity index is 3.52. The lowest BCUT2D eigenvalue weighted by Crippen LogP contribution is -2.34. The van der Waals surface area contributed by atoms with Crippen molar-refractivity contribution in [2.45, 2.75) is 38.5 Å². The topological polar surface area (TPSA) is 129 Å². The molecule has 0 saturated carbocycles. The number of hydrogen-bond acceptors (Lipinski definition) is 9. The number of ether oxygens (including phenoxy) is 3. The molecule has 0 spiro atoms. The second-order valence-electron chi connectivity index (χ2n) is 3.99. The van der Waals surface area contributed by atoms with Crippen LogP contribution in [0.1, 0.15) is 26.2 Å². The second-order valence-corrected chi connectivity index (χ2v) is 3.99. The van der Waals surface area contributed by atoms with Gasteiger partial charge in [0.05, 0.1) is 7.11 Å². The van der Waals surface area contributed by atoms with Gasteiger partial charge in [-0.05, 0) is 31.5 Å². The fraction of sp³-hybridized carbons (Fsp3) is 0.818. The molecule has 0 aliphatic rings. The number of methoxy groups -OCH3 is 1. The summed E-state index contributed by atoms with van der Waals surface area (Å²) in [5, 5.41) is 5.41. The van der Waals surface area contributed by atoms with Crippen molar-refractivity contribution < 1.29 is 23.8 Å². The minimum atomic E-state index is -1.02. The Morgan fingerprint density at radius 1 is 1.35 bits per heavy atom. The standard InChI is InChI=1S/C11H21N3O6/c1-8(14-17)20-10(15)9(12)5-3-4-6-13-7-19-11(16)18-2/h8-9,13H,3-7,12H2,1-2H3/t8?,9-/m0/s1. The summed E-state index contributed by atoms with van der Waals surface area (Å²) in [4.78, 5) is 32.0. The monoisotopic (exact) mass is 291 g/mol. The van der Waals surface area contributed by atoms with Crippen LogP contribution in [-0.2, 0) is 19.0 Å². The number of unbranched alkanes of at least 4 members (excludes halogenated alkanes) is 1. The molecule has 0 fully saturated rings. The average Bonchev–Trinajstić information content (AvgIpc) is 2.45. The molecule has 3 N–H and O–H groups in total. The minimum Gasteiger partial charge on any atom is -0.438 e. The smallest absolute Gasteiger partial charge is 0.438 e. The van der Waals surface area contributed by atoms with Gasteiger partial charge in [0.1, 0.15) is 12.8 Å². The van der Waals surface area contributed by atoms with E-state index in [2.05, 4.69) is 24.7 Å². The summed E-state index contributed by atoms with van der Waals surface area (Å²) >= 11 is 0. The molecule has 0 saturated heterocycles. The highest BCUT2D eigenvalue weighted by Crippen LogP contribution is 2.02. The van der Waals surface area contributed by atoms with Gasteiger partial charge in [0.25, 0.3) is 0 Å². The summed E-state index contributed by atoms with van der Waals surface area (Å²) < 4.78 is 13.5. The van der Waals surface area contributed by atoms with E-state index in [0.29, 0.717) is 19.4 Å². The largest absolute Gasteiger partial charge is 0.509 e. The number of nitroso groups, excluding NO2 is 1. The molecule has 9 heteroatoms. The van der Waals surface area contributed by atoms with E-state index in [4.69, 9.17) is 5.73 Å². The van der Waals surface area contributed by atoms with Crippen molar-refractivity contribution in [2.24, 2.45) is 10.9 Å². The first-order valence-electron chi connectivity index (χ1n) is 6.21. The van der Waals surface area contributed by atoms with Crippen LogP contribution in [0, 0.1) is 4.91 Å². The van der Waals surface area contributed by atoms with Gasteiger partial charge in [0.15, 0.2) is 0 Å². The van der Waals surface area contributed by atoms with Gasteiger partial charge >= 0.3 is 12.1 Å². The quantitative estimate of drug-likeness (QED) is 0.257. The Morgan fingerprint density at radius 3 is 2.65 bits per heavy atom. The Hall–Kier alpha value is -1.74. The molecule has 0 heterocycles. The van der Waals surface area contributed by atoms with E-state index >= 15 is 0 Å². The molecule has 20 heavy (non-hydrogen) atoms. The second kappa shape index (κ2) is 11.1. The number of hydrogen-bond donors (Lipinski definition) is 2. The fourth-order valence-corrected chi connectivity index (χ4v) is 1.25. The predicted octanol–water partition coefficient (Wildman–Crippen LogP) is 0.470. The number of nitrogens with one attached hydrogen (secondary N) is 1. The van der Waals surface area contributed by atoms with E-state index in [1.165, 1.54) is 14.0 Å². The summed E-state index contributed by atoms with van der Waals surface area (Å²) in [5.74, 6) is -0.640. The molecule has 0 aromatic carbocycles. The highest BCUT2D eigenvalue weighted by atomic mass is 16.7. The molecule has 116 valence electrons. The van der Waals surface area contributed by atoms with Crippen LogP contribution in [0.25, 0.3) is 0 Å². The molecular formula is C11H21N3O6. The zero-order valence-electron chi connectivity index (χ0n) is 11.7. The number of carbonyl (C=O) groups excluding carboxylic acids is 2. The highest BCUT2D eigenvalue weighted by Gasteiger charge is 2.17. The molecule has 0 bridgehead atoms. The van der Waals surface area contributed by atoms with Crippen LogP contribution in [-0.4, -0.2) is 44.8 Å². The third kappa shape index (κ3) is 9.22. The van der Waals surface area contributed by atoms with Crippen LogP contribution in [0.4, 0.5) is 4.79 Å². The molecule has 1 unspecified atom stereocenters. The van der Waals surface area contributed by atoms with Crippen molar-refractivity contribution in [1.29, 1.82) is 0 Å². The number of nitrogens with two attached hydrogens (primary N) is 1. The van der Waals surface area contributed by atoms with Gasteiger partial charge in [-0.1, -0.05) is 6.42 Å². The zero-order valence-corrected chi connectivity index (χ0v) is 11.7. The first-order valence-corrected chi connectivity index (χ1v) is 6.21. The van der Waals surface area contributed by atoms with Crippen LogP contribution in [0.5, 0.6) is 0 Å².